The molecule has 1 fully saturated rings. The van der Waals surface area contributed by atoms with Crippen LogP contribution in [0.4, 0.5) is 5.00 Å². The Morgan fingerprint density at radius 2 is 2.06 bits per heavy atom. The molecule has 0 saturated carbocycles. The highest BCUT2D eigenvalue weighted by Crippen LogP contribution is 2.34. The zero-order valence-electron chi connectivity index (χ0n) is 19.3. The van der Waals surface area contributed by atoms with E-state index in [0.717, 1.165) is 64.8 Å². The third kappa shape index (κ3) is 4.46. The molecule has 8 nitrogen and oxygen atoms in total. The van der Waals surface area contributed by atoms with Gasteiger partial charge in [-0.15, -0.1) is 11.3 Å². The summed E-state index contributed by atoms with van der Waals surface area (Å²) in [6, 6.07) is 8.00. The Hall–Kier alpha value is -3.85. The van der Waals surface area contributed by atoms with Gasteiger partial charge in [0.25, 0.3) is 0 Å². The van der Waals surface area contributed by atoms with Crippen LogP contribution in [0.2, 0.25) is 0 Å². The predicted molar refractivity (Wildman–Crippen MR) is 137 cm³/mol. The van der Waals surface area contributed by atoms with Gasteiger partial charge >= 0.3 is 0 Å². The number of imidazole rings is 1. The summed E-state index contributed by atoms with van der Waals surface area (Å²) in [6.07, 6.45) is 13.6. The fourth-order valence-electron chi connectivity index (χ4n) is 4.58. The molecule has 35 heavy (non-hydrogen) atoms. The Labute approximate surface area is 207 Å². The van der Waals surface area contributed by atoms with Crippen molar-refractivity contribution in [2.45, 2.75) is 12.8 Å². The molecule has 0 unspecified atom stereocenters. The SMILES string of the molecule is O=C(CN1C=COC(C2=CC=CCC2)=C1)N1CCN(c2scnc2-c2nc3ccccc3[nH]2)CC1. The van der Waals surface area contributed by atoms with Crippen molar-refractivity contribution < 1.29 is 9.53 Å². The maximum atomic E-state index is 13.0. The van der Waals surface area contributed by atoms with Crippen molar-refractivity contribution in [3.05, 3.63) is 78.0 Å². The number of ether oxygens (including phenoxy) is 1. The van der Waals surface area contributed by atoms with E-state index in [1.54, 1.807) is 17.6 Å². The number of benzene rings is 1. The van der Waals surface area contributed by atoms with Crippen molar-refractivity contribution in [3.63, 3.8) is 0 Å². The molecule has 3 aromatic rings. The van der Waals surface area contributed by atoms with Gasteiger partial charge in [-0.1, -0.05) is 30.4 Å². The van der Waals surface area contributed by atoms with Gasteiger partial charge in [-0.2, -0.15) is 0 Å². The number of hydrogen-bond donors (Lipinski definition) is 1. The Kier molecular flexibility index (Phi) is 5.83. The first-order valence-corrected chi connectivity index (χ1v) is 12.7. The van der Waals surface area contributed by atoms with Crippen LogP contribution >= 0.6 is 11.3 Å². The van der Waals surface area contributed by atoms with E-state index >= 15 is 0 Å². The predicted octanol–water partition coefficient (Wildman–Crippen LogP) is 4.26. The number of amides is 1. The fourth-order valence-corrected chi connectivity index (χ4v) is 5.43. The second-order valence-electron chi connectivity index (χ2n) is 8.70. The monoisotopic (exact) mass is 486 g/mol. The van der Waals surface area contributed by atoms with Crippen LogP contribution in [0.15, 0.2) is 78.0 Å². The summed E-state index contributed by atoms with van der Waals surface area (Å²) in [5.41, 5.74) is 5.83. The molecule has 1 saturated heterocycles. The molecular weight excluding hydrogens is 460 g/mol. The lowest BCUT2D eigenvalue weighted by Crippen LogP contribution is -2.50. The van der Waals surface area contributed by atoms with E-state index in [1.807, 2.05) is 52.0 Å². The van der Waals surface area contributed by atoms with Crippen LogP contribution in [-0.4, -0.2) is 63.4 Å². The Morgan fingerprint density at radius 3 is 2.89 bits per heavy atom. The maximum Gasteiger partial charge on any atom is 0.242 e. The normalized spacial score (nSPS) is 18.0. The number of allylic oxidation sites excluding steroid dienone is 4. The van der Waals surface area contributed by atoms with E-state index in [1.165, 1.54) is 0 Å². The van der Waals surface area contributed by atoms with Gasteiger partial charge < -0.3 is 24.4 Å². The highest BCUT2D eigenvalue weighted by Gasteiger charge is 2.26. The lowest BCUT2D eigenvalue weighted by Gasteiger charge is -2.36. The summed E-state index contributed by atoms with van der Waals surface area (Å²) in [6.45, 7) is 3.19. The van der Waals surface area contributed by atoms with Crippen LogP contribution in [0, 0.1) is 0 Å². The standard InChI is InChI=1S/C26H26N6O2S/c33-23(17-30-14-15-34-22(16-30)19-6-2-1-3-7-19)31-10-12-32(13-11-31)26-24(27-18-35-26)25-28-20-8-4-5-9-21(20)29-25/h1-2,4-6,8-9,14-16,18H,3,7,10-13,17H2,(H,28,29). The highest BCUT2D eigenvalue weighted by atomic mass is 32.1. The number of piperazine rings is 1. The molecule has 1 aromatic carbocycles. The molecule has 6 rings (SSSR count). The number of nitrogens with one attached hydrogen (secondary N) is 1. The summed E-state index contributed by atoms with van der Waals surface area (Å²) in [4.78, 5) is 31.9. The first-order valence-electron chi connectivity index (χ1n) is 11.8. The molecule has 9 heteroatoms. The van der Waals surface area contributed by atoms with E-state index in [0.29, 0.717) is 19.6 Å². The van der Waals surface area contributed by atoms with Gasteiger partial charge in [0.05, 0.1) is 16.5 Å². The lowest BCUT2D eigenvalue weighted by molar-refractivity contribution is -0.131. The number of fused-ring (bicyclic) bond motifs is 1. The number of para-hydroxylation sites is 2. The van der Waals surface area contributed by atoms with Crippen molar-refractivity contribution in [3.8, 4) is 11.5 Å². The molecule has 2 aliphatic heterocycles. The largest absolute Gasteiger partial charge is 0.462 e. The Balaban J connectivity index is 1.09. The van der Waals surface area contributed by atoms with Gasteiger partial charge in [0.1, 0.15) is 29.3 Å². The maximum absolute atomic E-state index is 13.0. The number of hydrogen-bond acceptors (Lipinski definition) is 7. The minimum atomic E-state index is 0.117. The van der Waals surface area contributed by atoms with Crippen molar-refractivity contribution >= 4 is 33.3 Å². The number of H-pyrrole nitrogens is 1. The average Bonchev–Trinajstić information content (AvgIpc) is 3.57. The van der Waals surface area contributed by atoms with Crippen molar-refractivity contribution in [2.75, 3.05) is 37.6 Å². The first-order chi connectivity index (χ1) is 17.2. The van der Waals surface area contributed by atoms with Gasteiger partial charge in [0.2, 0.25) is 5.91 Å². The summed E-state index contributed by atoms with van der Waals surface area (Å²) >= 11 is 1.61. The van der Waals surface area contributed by atoms with Crippen LogP contribution in [0.5, 0.6) is 0 Å². The molecule has 1 aliphatic carbocycles. The number of carbonyl (C=O) groups excluding carboxylic acids is 1. The van der Waals surface area contributed by atoms with Crippen LogP contribution in [0.3, 0.4) is 0 Å². The fraction of sp³-hybridized carbons (Fsp3) is 0.269. The Bertz CT molecular complexity index is 1330. The van der Waals surface area contributed by atoms with Gasteiger partial charge in [0.15, 0.2) is 5.82 Å². The summed E-state index contributed by atoms with van der Waals surface area (Å²) in [7, 11) is 0. The highest BCUT2D eigenvalue weighted by molar-refractivity contribution is 7.14. The molecule has 2 aromatic heterocycles. The number of nitrogens with zero attached hydrogens (tertiary/aromatic N) is 5. The van der Waals surface area contributed by atoms with Crippen LogP contribution < -0.4 is 4.90 Å². The smallest absolute Gasteiger partial charge is 0.242 e. The summed E-state index contributed by atoms with van der Waals surface area (Å²) in [5.74, 6) is 1.72. The number of anilines is 1. The molecule has 3 aliphatic rings. The van der Waals surface area contributed by atoms with Gasteiger partial charge in [0, 0.05) is 38.6 Å². The van der Waals surface area contributed by atoms with Crippen molar-refractivity contribution in [1.29, 1.82) is 0 Å². The molecule has 1 N–H and O–H groups in total. The van der Waals surface area contributed by atoms with E-state index in [4.69, 9.17) is 9.72 Å². The van der Waals surface area contributed by atoms with E-state index in [9.17, 15) is 4.79 Å². The summed E-state index contributed by atoms with van der Waals surface area (Å²) < 4.78 is 5.69. The van der Waals surface area contributed by atoms with Crippen LogP contribution in [0.1, 0.15) is 12.8 Å². The molecule has 1 amide bonds. The number of rotatable bonds is 5. The second kappa shape index (κ2) is 9.42. The van der Waals surface area contributed by atoms with Crippen LogP contribution in [0.25, 0.3) is 22.6 Å². The third-order valence-electron chi connectivity index (χ3n) is 6.46. The molecule has 0 radical (unpaired) electrons. The summed E-state index contributed by atoms with van der Waals surface area (Å²) in [5, 5.41) is 1.09. The topological polar surface area (TPSA) is 77.6 Å². The minimum absolute atomic E-state index is 0.117. The molecule has 0 bridgehead atoms. The number of carbonyl (C=O) groups is 1. The molecular formula is C26H26N6O2S. The van der Waals surface area contributed by atoms with Gasteiger partial charge in [-0.3, -0.25) is 4.79 Å². The number of thiazole rings is 1. The van der Waals surface area contributed by atoms with E-state index < -0.39 is 0 Å². The Morgan fingerprint density at radius 1 is 1.17 bits per heavy atom. The van der Waals surface area contributed by atoms with Crippen LogP contribution in [-0.2, 0) is 9.53 Å². The minimum Gasteiger partial charge on any atom is -0.462 e. The van der Waals surface area contributed by atoms with Gasteiger partial charge in [-0.05, 0) is 30.5 Å². The molecule has 0 atom stereocenters. The quantitative estimate of drug-likeness (QED) is 0.581. The van der Waals surface area contributed by atoms with E-state index in [-0.39, 0.29) is 5.91 Å². The molecule has 178 valence electrons. The number of aromatic nitrogens is 3. The first kappa shape index (κ1) is 21.7. The second-order valence-corrected chi connectivity index (χ2v) is 9.54. The third-order valence-corrected chi connectivity index (χ3v) is 7.35. The average molecular weight is 487 g/mol. The van der Waals surface area contributed by atoms with Crippen molar-refractivity contribution in [1.82, 2.24) is 24.8 Å². The number of aromatic amines is 1. The zero-order valence-corrected chi connectivity index (χ0v) is 20.1. The van der Waals surface area contributed by atoms with Gasteiger partial charge in [-0.25, -0.2) is 9.97 Å². The van der Waals surface area contributed by atoms with Crippen molar-refractivity contribution in [2.24, 2.45) is 0 Å². The lowest BCUT2D eigenvalue weighted by atomic mass is 10.0. The van der Waals surface area contributed by atoms with E-state index in [2.05, 4.69) is 33.1 Å². The molecule has 4 heterocycles. The zero-order chi connectivity index (χ0) is 23.6. The molecule has 0 spiro atoms.